The number of amides is 2. The van der Waals surface area contributed by atoms with Crippen molar-refractivity contribution in [1.29, 1.82) is 0 Å². The minimum absolute atomic E-state index is 0.108. The number of fused-ring (bicyclic) bond motifs is 2. The van der Waals surface area contributed by atoms with Gasteiger partial charge in [0.25, 0.3) is 0 Å². The molecular formula is C27H34BrN7O5S. The molecule has 1 fully saturated rings. The number of carbonyl (C=O) groups excluding carboxylic acids is 2. The summed E-state index contributed by atoms with van der Waals surface area (Å²) in [5.74, 6) is 2.54. The van der Waals surface area contributed by atoms with E-state index in [2.05, 4.69) is 31.2 Å². The number of nitrogens with two attached hydrogens (primary N) is 1. The number of anilines is 1. The van der Waals surface area contributed by atoms with Crippen molar-refractivity contribution in [3.8, 4) is 23.0 Å². The van der Waals surface area contributed by atoms with Gasteiger partial charge in [0.15, 0.2) is 34.0 Å². The zero-order chi connectivity index (χ0) is 29.3. The van der Waals surface area contributed by atoms with Gasteiger partial charge in [0.05, 0.1) is 6.33 Å². The van der Waals surface area contributed by atoms with E-state index in [1.807, 2.05) is 21.6 Å². The number of nitrogens with one attached hydrogen (secondary N) is 1. The molecule has 41 heavy (non-hydrogen) atoms. The number of halogens is 1. The molecule has 2 amide bonds. The van der Waals surface area contributed by atoms with Gasteiger partial charge in [-0.3, -0.25) is 4.79 Å². The van der Waals surface area contributed by atoms with Gasteiger partial charge in [-0.05, 0) is 92.7 Å². The van der Waals surface area contributed by atoms with Gasteiger partial charge in [0.1, 0.15) is 11.6 Å². The predicted octanol–water partition coefficient (Wildman–Crippen LogP) is 4.54. The van der Waals surface area contributed by atoms with Crippen molar-refractivity contribution >= 4 is 45.5 Å². The smallest absolute Gasteiger partial charge is 0.408 e. The number of alkyl carbamates (subject to hydrolysis) is 1. The van der Waals surface area contributed by atoms with E-state index in [-0.39, 0.29) is 12.7 Å². The second-order valence-electron chi connectivity index (χ2n) is 11.2. The number of carbonyl (C=O) groups is 2. The summed E-state index contributed by atoms with van der Waals surface area (Å²) in [6.45, 7) is 9.19. The summed E-state index contributed by atoms with van der Waals surface area (Å²) in [6, 6.07) is 3.10. The first-order chi connectivity index (χ1) is 19.5. The lowest BCUT2D eigenvalue weighted by atomic mass is 9.94. The Kier molecular flexibility index (Phi) is 8.50. The van der Waals surface area contributed by atoms with Crippen LogP contribution < -0.4 is 20.5 Å². The fraction of sp³-hybridized carbons (Fsp3) is 0.519. The van der Waals surface area contributed by atoms with Crippen molar-refractivity contribution in [3.63, 3.8) is 0 Å². The number of piperidine rings is 1. The Balaban J connectivity index is 1.22. The molecule has 1 saturated heterocycles. The molecule has 2 atom stereocenters. The van der Waals surface area contributed by atoms with E-state index in [1.165, 1.54) is 11.8 Å². The SMILES string of the molecule is C[C@@H](NC(=O)OC(C)(C)C)C(=O)N1CCC[C@H](CCn2cnc(N)c3nc(Sc4cc5c(cc4Br)OCO5)nc2-3)C1. The first-order valence-electron chi connectivity index (χ1n) is 13.5. The van der Waals surface area contributed by atoms with Crippen LogP contribution in [0.15, 0.2) is 33.0 Å². The van der Waals surface area contributed by atoms with E-state index in [4.69, 9.17) is 24.9 Å². The number of rotatable bonds is 7. The Morgan fingerprint density at radius 2 is 2.02 bits per heavy atom. The molecular weight excluding hydrogens is 614 g/mol. The van der Waals surface area contributed by atoms with Crippen LogP contribution in [0.5, 0.6) is 11.5 Å². The van der Waals surface area contributed by atoms with E-state index in [0.717, 1.165) is 28.6 Å². The van der Waals surface area contributed by atoms with Crippen LogP contribution in [0.4, 0.5) is 10.6 Å². The van der Waals surface area contributed by atoms with Gasteiger partial charge in [0, 0.05) is 29.0 Å². The average molecular weight is 649 g/mol. The molecule has 14 heteroatoms. The van der Waals surface area contributed by atoms with Gasteiger partial charge < -0.3 is 34.7 Å². The van der Waals surface area contributed by atoms with Crippen molar-refractivity contribution in [2.45, 2.75) is 75.2 Å². The van der Waals surface area contributed by atoms with Gasteiger partial charge >= 0.3 is 6.09 Å². The van der Waals surface area contributed by atoms with Gasteiger partial charge in [-0.25, -0.2) is 19.7 Å². The molecule has 4 aliphatic heterocycles. The number of likely N-dealkylation sites (tertiary alicyclic amines) is 1. The van der Waals surface area contributed by atoms with Crippen LogP contribution in [0.2, 0.25) is 0 Å². The molecule has 3 N–H and O–H groups in total. The lowest BCUT2D eigenvalue weighted by Gasteiger charge is -2.34. The third kappa shape index (κ3) is 6.97. The highest BCUT2D eigenvalue weighted by Crippen LogP contribution is 2.43. The number of ether oxygens (including phenoxy) is 3. The molecule has 0 spiro atoms. The summed E-state index contributed by atoms with van der Waals surface area (Å²) in [4.78, 5) is 41.7. The maximum Gasteiger partial charge on any atom is 0.408 e. The van der Waals surface area contributed by atoms with Crippen LogP contribution in [0.1, 0.15) is 47.0 Å². The van der Waals surface area contributed by atoms with Crippen molar-refractivity contribution in [2.75, 3.05) is 25.6 Å². The average Bonchev–Trinajstić information content (AvgIpc) is 3.54. The number of imidazole rings is 1. The third-order valence-corrected chi connectivity index (χ3v) is 8.65. The van der Waals surface area contributed by atoms with Crippen molar-refractivity contribution < 1.29 is 23.8 Å². The monoisotopic (exact) mass is 647 g/mol. The zero-order valence-electron chi connectivity index (χ0n) is 23.5. The van der Waals surface area contributed by atoms with E-state index >= 15 is 0 Å². The largest absolute Gasteiger partial charge is 0.454 e. The van der Waals surface area contributed by atoms with Crippen molar-refractivity contribution in [3.05, 3.63) is 22.9 Å². The quantitative estimate of drug-likeness (QED) is 0.374. The number of nitrogens with zero attached hydrogens (tertiary/aromatic N) is 5. The van der Waals surface area contributed by atoms with E-state index in [0.29, 0.717) is 59.5 Å². The van der Waals surface area contributed by atoms with Gasteiger partial charge in [-0.15, -0.1) is 0 Å². The van der Waals surface area contributed by atoms with Crippen LogP contribution in [0.3, 0.4) is 0 Å². The molecule has 1 aromatic rings. The van der Waals surface area contributed by atoms with E-state index < -0.39 is 17.7 Å². The van der Waals surface area contributed by atoms with Crippen LogP contribution in [-0.4, -0.2) is 67.9 Å². The Morgan fingerprint density at radius 3 is 2.78 bits per heavy atom. The topological polar surface area (TPSA) is 147 Å². The normalized spacial score (nSPS) is 17.5. The van der Waals surface area contributed by atoms with Gasteiger partial charge in [-0.2, -0.15) is 0 Å². The van der Waals surface area contributed by atoms with E-state index in [9.17, 15) is 9.59 Å². The number of aryl methyl sites for hydroxylation is 1. The predicted molar refractivity (Wildman–Crippen MR) is 156 cm³/mol. The molecule has 0 saturated carbocycles. The molecule has 0 aliphatic carbocycles. The molecule has 0 unspecified atom stereocenters. The number of hydrogen-bond acceptors (Lipinski definition) is 10. The zero-order valence-corrected chi connectivity index (χ0v) is 25.9. The summed E-state index contributed by atoms with van der Waals surface area (Å²) in [7, 11) is 0. The number of hydrogen-bond donors (Lipinski definition) is 2. The molecule has 4 heterocycles. The fourth-order valence-electron chi connectivity index (χ4n) is 4.86. The maximum absolute atomic E-state index is 13.1. The summed E-state index contributed by atoms with van der Waals surface area (Å²) >= 11 is 4.99. The van der Waals surface area contributed by atoms with Gasteiger partial charge in [-0.1, -0.05) is 0 Å². The molecule has 1 aromatic carbocycles. The molecule has 5 rings (SSSR count). The van der Waals surface area contributed by atoms with Crippen LogP contribution in [0, 0.1) is 5.92 Å². The van der Waals surface area contributed by atoms with Crippen molar-refractivity contribution in [2.24, 2.45) is 5.92 Å². The first kappa shape index (κ1) is 29.2. The summed E-state index contributed by atoms with van der Waals surface area (Å²) in [5.41, 5.74) is 6.08. The minimum Gasteiger partial charge on any atom is -0.454 e. The number of benzene rings is 1. The van der Waals surface area contributed by atoms with Gasteiger partial charge in [0.2, 0.25) is 12.7 Å². The highest BCUT2D eigenvalue weighted by atomic mass is 79.9. The molecule has 0 bridgehead atoms. The second kappa shape index (κ2) is 11.9. The molecule has 4 aliphatic rings. The fourth-order valence-corrected chi connectivity index (χ4v) is 6.21. The lowest BCUT2D eigenvalue weighted by molar-refractivity contribution is -0.134. The van der Waals surface area contributed by atoms with Crippen LogP contribution in [-0.2, 0) is 16.1 Å². The molecule has 12 nitrogen and oxygen atoms in total. The molecule has 0 radical (unpaired) electrons. The van der Waals surface area contributed by atoms with E-state index in [1.54, 1.807) is 34.0 Å². The molecule has 0 aromatic heterocycles. The Hall–Kier alpha value is -3.26. The lowest BCUT2D eigenvalue weighted by Crippen LogP contribution is -2.50. The second-order valence-corrected chi connectivity index (χ2v) is 13.1. The summed E-state index contributed by atoms with van der Waals surface area (Å²) in [6.07, 6.45) is 3.83. The third-order valence-electron chi connectivity index (χ3n) is 6.81. The Morgan fingerprint density at radius 1 is 1.27 bits per heavy atom. The van der Waals surface area contributed by atoms with Crippen LogP contribution in [0.25, 0.3) is 11.5 Å². The summed E-state index contributed by atoms with van der Waals surface area (Å²) < 4.78 is 19.1. The first-order valence-corrected chi connectivity index (χ1v) is 15.1. The number of nitrogen functional groups attached to an aromatic ring is 1. The Bertz CT molecular complexity index is 1410. The molecule has 220 valence electrons. The van der Waals surface area contributed by atoms with Crippen molar-refractivity contribution in [1.82, 2.24) is 29.7 Å². The highest BCUT2D eigenvalue weighted by Gasteiger charge is 2.29. The number of aromatic nitrogens is 4. The summed E-state index contributed by atoms with van der Waals surface area (Å²) in [5, 5.41) is 3.21. The Labute approximate surface area is 251 Å². The van der Waals surface area contributed by atoms with Crippen LogP contribution >= 0.6 is 27.7 Å². The minimum atomic E-state index is -0.667. The maximum atomic E-state index is 13.1. The highest BCUT2D eigenvalue weighted by molar-refractivity contribution is 9.10. The standard InChI is InChI=1S/C27H34BrN7O5S/c1-15(31-26(37)40-27(2,3)4)24(36)34-8-5-6-16(12-34)7-9-35-13-30-22(29)21-23(35)33-25(32-21)41-20-11-19-18(10-17(20)28)38-14-39-19/h10-11,13,15-16H,5-9,12,14,29H2,1-4H3,(H,31,37)/t15-,16-/m1/s1.